The summed E-state index contributed by atoms with van der Waals surface area (Å²) in [6.07, 6.45) is 8.01. The zero-order valence-electron chi connectivity index (χ0n) is 11.1. The number of aliphatic hydroxyl groups is 1. The third-order valence-electron chi connectivity index (χ3n) is 3.92. The van der Waals surface area contributed by atoms with Crippen molar-refractivity contribution < 1.29 is 9.84 Å². The van der Waals surface area contributed by atoms with Gasteiger partial charge in [-0.15, -0.1) is 0 Å². The third kappa shape index (κ3) is 4.21. The molecule has 0 heterocycles. The Balaban J connectivity index is 2.37. The van der Waals surface area contributed by atoms with Crippen LogP contribution in [-0.2, 0) is 4.74 Å². The number of unbranched alkanes of at least 4 members (excludes halogenated alkanes) is 2. The molecule has 1 rings (SSSR count). The molecule has 17 heavy (non-hydrogen) atoms. The molecule has 0 aliphatic heterocycles. The zero-order chi connectivity index (χ0) is 12.6. The van der Waals surface area contributed by atoms with E-state index < -0.39 is 0 Å². The van der Waals surface area contributed by atoms with E-state index in [1.807, 2.05) is 0 Å². The zero-order valence-corrected chi connectivity index (χ0v) is 11.1. The molecule has 2 unspecified atom stereocenters. The number of hydrogen-bond donors (Lipinski definition) is 3. The summed E-state index contributed by atoms with van der Waals surface area (Å²) >= 11 is 0. The predicted molar refractivity (Wildman–Crippen MR) is 70.0 cm³/mol. The smallest absolute Gasteiger partial charge is 0.0765 e. The molecule has 4 heteroatoms. The maximum absolute atomic E-state index is 8.73. The number of aliphatic hydroxyl groups excluding tert-OH is 1. The normalized spacial score (nSPS) is 29.5. The van der Waals surface area contributed by atoms with Crippen LogP contribution in [0, 0.1) is 0 Å². The molecule has 0 amide bonds. The summed E-state index contributed by atoms with van der Waals surface area (Å²) < 4.78 is 5.59. The van der Waals surface area contributed by atoms with Crippen LogP contribution in [0.3, 0.4) is 0 Å². The summed E-state index contributed by atoms with van der Waals surface area (Å²) in [6.45, 7) is 1.91. The fourth-order valence-corrected chi connectivity index (χ4v) is 2.81. The van der Waals surface area contributed by atoms with E-state index in [0.29, 0.717) is 13.2 Å². The lowest BCUT2D eigenvalue weighted by Gasteiger charge is -2.43. The molecule has 4 N–H and O–H groups in total. The molecule has 1 fully saturated rings. The van der Waals surface area contributed by atoms with Crippen molar-refractivity contribution >= 4 is 0 Å². The highest BCUT2D eigenvalue weighted by Crippen LogP contribution is 2.29. The molecule has 0 saturated heterocycles. The third-order valence-corrected chi connectivity index (χ3v) is 3.92. The highest BCUT2D eigenvalue weighted by molar-refractivity contribution is 4.99. The summed E-state index contributed by atoms with van der Waals surface area (Å²) in [6, 6.07) is 0. The van der Waals surface area contributed by atoms with E-state index in [0.717, 1.165) is 38.6 Å². The lowest BCUT2D eigenvalue weighted by atomic mass is 9.79. The number of rotatable bonds is 8. The van der Waals surface area contributed by atoms with Crippen molar-refractivity contribution in [2.24, 2.45) is 5.73 Å². The first-order valence-electron chi connectivity index (χ1n) is 6.88. The van der Waals surface area contributed by atoms with Crippen molar-refractivity contribution in [3.05, 3.63) is 0 Å². The second-order valence-electron chi connectivity index (χ2n) is 5.04. The van der Waals surface area contributed by atoms with Crippen molar-refractivity contribution in [2.45, 2.75) is 56.6 Å². The number of hydrogen-bond acceptors (Lipinski definition) is 4. The molecule has 102 valence electrons. The molecule has 0 aromatic carbocycles. The summed E-state index contributed by atoms with van der Waals surface area (Å²) in [5.74, 6) is 0. The van der Waals surface area contributed by atoms with Gasteiger partial charge in [0.15, 0.2) is 0 Å². The average Bonchev–Trinajstić information content (AvgIpc) is 2.39. The maximum Gasteiger partial charge on any atom is 0.0765 e. The first-order chi connectivity index (χ1) is 8.29. The van der Waals surface area contributed by atoms with Gasteiger partial charge in [0, 0.05) is 20.3 Å². The predicted octanol–water partition coefficient (Wildman–Crippen LogP) is 1.03. The standard InChI is InChI=1S/C13H28N2O2/c1-17-12-7-3-4-8-13(12,11-14)15-9-5-2-6-10-16/h12,15-16H,2-11,14H2,1H3. The van der Waals surface area contributed by atoms with E-state index in [2.05, 4.69) is 5.32 Å². The highest BCUT2D eigenvalue weighted by Gasteiger charge is 2.39. The Morgan fingerprint density at radius 3 is 2.82 bits per heavy atom. The molecule has 1 aliphatic rings. The van der Waals surface area contributed by atoms with Crippen LogP contribution in [0.4, 0.5) is 0 Å². The molecule has 4 nitrogen and oxygen atoms in total. The molecular weight excluding hydrogens is 216 g/mol. The van der Waals surface area contributed by atoms with Gasteiger partial charge in [0.2, 0.25) is 0 Å². The van der Waals surface area contributed by atoms with Gasteiger partial charge < -0.3 is 20.9 Å². The van der Waals surface area contributed by atoms with Crippen molar-refractivity contribution in [1.29, 1.82) is 0 Å². The molecule has 1 aliphatic carbocycles. The van der Waals surface area contributed by atoms with Crippen LogP contribution in [-0.4, -0.2) is 43.6 Å². The van der Waals surface area contributed by atoms with E-state index >= 15 is 0 Å². The monoisotopic (exact) mass is 244 g/mol. The second kappa shape index (κ2) is 8.03. The molecule has 0 aromatic heterocycles. The van der Waals surface area contributed by atoms with Crippen LogP contribution in [0.5, 0.6) is 0 Å². The van der Waals surface area contributed by atoms with Crippen LogP contribution >= 0.6 is 0 Å². The molecule has 1 saturated carbocycles. The molecule has 2 atom stereocenters. The number of nitrogens with one attached hydrogen (secondary N) is 1. The van der Waals surface area contributed by atoms with Gasteiger partial charge in [0.1, 0.15) is 0 Å². The van der Waals surface area contributed by atoms with Crippen molar-refractivity contribution in [3.63, 3.8) is 0 Å². The Labute approximate surface area is 105 Å². The summed E-state index contributed by atoms with van der Waals surface area (Å²) in [4.78, 5) is 0. The fraction of sp³-hybridized carbons (Fsp3) is 1.00. The second-order valence-corrected chi connectivity index (χ2v) is 5.04. The Morgan fingerprint density at radius 2 is 2.18 bits per heavy atom. The first-order valence-corrected chi connectivity index (χ1v) is 6.88. The van der Waals surface area contributed by atoms with E-state index in [4.69, 9.17) is 15.6 Å². The largest absolute Gasteiger partial charge is 0.396 e. The molecule has 0 radical (unpaired) electrons. The first kappa shape index (κ1) is 14.9. The van der Waals surface area contributed by atoms with E-state index in [-0.39, 0.29) is 11.6 Å². The molecule has 0 bridgehead atoms. The van der Waals surface area contributed by atoms with Crippen LogP contribution in [0.1, 0.15) is 44.9 Å². The Bertz CT molecular complexity index is 202. The Kier molecular flexibility index (Phi) is 7.04. The molecule has 0 spiro atoms. The average molecular weight is 244 g/mol. The van der Waals surface area contributed by atoms with E-state index in [1.165, 1.54) is 12.8 Å². The minimum Gasteiger partial charge on any atom is -0.396 e. The van der Waals surface area contributed by atoms with Gasteiger partial charge in [0.05, 0.1) is 11.6 Å². The van der Waals surface area contributed by atoms with Gasteiger partial charge >= 0.3 is 0 Å². The quantitative estimate of drug-likeness (QED) is 0.558. The number of nitrogens with two attached hydrogens (primary N) is 1. The van der Waals surface area contributed by atoms with Crippen LogP contribution in [0.2, 0.25) is 0 Å². The van der Waals surface area contributed by atoms with Gasteiger partial charge in [-0.2, -0.15) is 0 Å². The highest BCUT2D eigenvalue weighted by atomic mass is 16.5. The number of ether oxygens (including phenoxy) is 1. The SMILES string of the molecule is COC1CCCCC1(CN)NCCCCCO. The fourth-order valence-electron chi connectivity index (χ4n) is 2.81. The van der Waals surface area contributed by atoms with E-state index in [1.54, 1.807) is 7.11 Å². The van der Waals surface area contributed by atoms with Gasteiger partial charge in [-0.1, -0.05) is 12.8 Å². The topological polar surface area (TPSA) is 67.5 Å². The van der Waals surface area contributed by atoms with Crippen LogP contribution < -0.4 is 11.1 Å². The Hall–Kier alpha value is -0.160. The van der Waals surface area contributed by atoms with Gasteiger partial charge in [-0.3, -0.25) is 0 Å². The van der Waals surface area contributed by atoms with Crippen molar-refractivity contribution in [3.8, 4) is 0 Å². The molecular formula is C13H28N2O2. The number of methoxy groups -OCH3 is 1. The summed E-state index contributed by atoms with van der Waals surface area (Å²) in [5, 5.41) is 12.3. The van der Waals surface area contributed by atoms with Gasteiger partial charge in [-0.25, -0.2) is 0 Å². The maximum atomic E-state index is 8.73. The minimum absolute atomic E-state index is 0.0216. The van der Waals surface area contributed by atoms with Gasteiger partial charge in [-0.05, 0) is 38.6 Å². The molecule has 0 aromatic rings. The van der Waals surface area contributed by atoms with Crippen LogP contribution in [0.25, 0.3) is 0 Å². The summed E-state index contributed by atoms with van der Waals surface area (Å²) in [5.41, 5.74) is 5.94. The minimum atomic E-state index is -0.0216. The van der Waals surface area contributed by atoms with Crippen molar-refractivity contribution in [1.82, 2.24) is 5.32 Å². The lowest BCUT2D eigenvalue weighted by Crippen LogP contribution is -2.61. The van der Waals surface area contributed by atoms with Crippen LogP contribution in [0.15, 0.2) is 0 Å². The van der Waals surface area contributed by atoms with Gasteiger partial charge in [0.25, 0.3) is 0 Å². The Morgan fingerprint density at radius 1 is 1.35 bits per heavy atom. The van der Waals surface area contributed by atoms with E-state index in [9.17, 15) is 0 Å². The lowest BCUT2D eigenvalue weighted by molar-refractivity contribution is -0.00848. The van der Waals surface area contributed by atoms with Crippen molar-refractivity contribution in [2.75, 3.05) is 26.8 Å². The summed E-state index contributed by atoms with van der Waals surface area (Å²) in [7, 11) is 1.79.